The van der Waals surface area contributed by atoms with Gasteiger partial charge in [0.1, 0.15) is 5.37 Å². The van der Waals surface area contributed by atoms with Crippen molar-refractivity contribution < 1.29 is 23.1 Å². The van der Waals surface area contributed by atoms with Crippen molar-refractivity contribution in [3.63, 3.8) is 0 Å². The fourth-order valence-corrected chi connectivity index (χ4v) is 3.43. The second-order valence-electron chi connectivity index (χ2n) is 4.51. The molecule has 0 spiro atoms. The highest BCUT2D eigenvalue weighted by Gasteiger charge is 2.39. The Kier molecular flexibility index (Phi) is 4.29. The number of alkyl halides is 3. The number of thioether (sulfide) groups is 1. The Morgan fingerprint density at radius 2 is 2.10 bits per heavy atom. The molecule has 0 aliphatic carbocycles. The molecule has 2 atom stereocenters. The van der Waals surface area contributed by atoms with Crippen LogP contribution in [0.3, 0.4) is 0 Å². The molecule has 1 N–H and O–H groups in total. The van der Waals surface area contributed by atoms with Crippen molar-refractivity contribution in [3.8, 4) is 0 Å². The molecule has 0 aromatic heterocycles. The maximum Gasteiger partial charge on any atom is 0.416 e. The van der Waals surface area contributed by atoms with E-state index in [0.29, 0.717) is 5.56 Å². The van der Waals surface area contributed by atoms with Gasteiger partial charge in [-0.3, -0.25) is 4.79 Å². The monoisotopic (exact) mass is 305 g/mol. The fourth-order valence-electron chi connectivity index (χ4n) is 2.14. The summed E-state index contributed by atoms with van der Waals surface area (Å²) in [5.74, 6) is -0.161. The van der Waals surface area contributed by atoms with Crippen LogP contribution in [0.25, 0.3) is 0 Å². The van der Waals surface area contributed by atoms with Crippen LogP contribution >= 0.6 is 11.8 Å². The lowest BCUT2D eigenvalue weighted by Gasteiger charge is -2.23. The minimum Gasteiger partial charge on any atom is -0.395 e. The van der Waals surface area contributed by atoms with Gasteiger partial charge in [0.15, 0.2) is 0 Å². The van der Waals surface area contributed by atoms with Gasteiger partial charge in [-0.15, -0.1) is 11.8 Å². The van der Waals surface area contributed by atoms with Crippen LogP contribution in [-0.2, 0) is 11.0 Å². The molecule has 20 heavy (non-hydrogen) atoms. The number of benzene rings is 1. The largest absolute Gasteiger partial charge is 0.416 e. The van der Waals surface area contributed by atoms with E-state index in [2.05, 4.69) is 0 Å². The first-order valence-electron chi connectivity index (χ1n) is 6.08. The predicted molar refractivity (Wildman–Crippen MR) is 70.0 cm³/mol. The smallest absolute Gasteiger partial charge is 0.395 e. The summed E-state index contributed by atoms with van der Waals surface area (Å²) in [5, 5.41) is 8.20. The van der Waals surface area contributed by atoms with E-state index in [-0.39, 0.29) is 24.3 Å². The van der Waals surface area contributed by atoms with Gasteiger partial charge in [-0.05, 0) is 24.6 Å². The lowest BCUT2D eigenvalue weighted by molar-refractivity contribution is -0.137. The average molecular weight is 305 g/mol. The summed E-state index contributed by atoms with van der Waals surface area (Å²) in [6.07, 6.45) is -4.41. The molecular weight excluding hydrogens is 291 g/mol. The maximum atomic E-state index is 12.7. The molecule has 0 radical (unpaired) electrons. The topological polar surface area (TPSA) is 40.5 Å². The van der Waals surface area contributed by atoms with Crippen LogP contribution in [0.15, 0.2) is 24.3 Å². The third kappa shape index (κ3) is 2.93. The van der Waals surface area contributed by atoms with E-state index in [0.717, 1.165) is 12.1 Å². The van der Waals surface area contributed by atoms with Crippen molar-refractivity contribution in [2.24, 2.45) is 0 Å². The third-order valence-electron chi connectivity index (χ3n) is 3.09. The Labute approximate surface area is 118 Å². The Balaban J connectivity index is 2.33. The van der Waals surface area contributed by atoms with Gasteiger partial charge in [-0.1, -0.05) is 12.1 Å². The van der Waals surface area contributed by atoms with E-state index < -0.39 is 17.1 Å². The van der Waals surface area contributed by atoms with Crippen LogP contribution in [0, 0.1) is 0 Å². The molecule has 110 valence electrons. The first-order valence-corrected chi connectivity index (χ1v) is 7.03. The van der Waals surface area contributed by atoms with Crippen LogP contribution in [0.5, 0.6) is 0 Å². The molecule has 7 heteroatoms. The number of halogens is 3. The normalized spacial score (nSPS) is 23.4. The Morgan fingerprint density at radius 3 is 2.70 bits per heavy atom. The average Bonchev–Trinajstić information content (AvgIpc) is 2.67. The zero-order valence-electron chi connectivity index (χ0n) is 10.7. The second kappa shape index (κ2) is 5.65. The number of nitrogens with zero attached hydrogens (tertiary/aromatic N) is 1. The quantitative estimate of drug-likeness (QED) is 0.933. The van der Waals surface area contributed by atoms with Gasteiger partial charge in [-0.2, -0.15) is 13.2 Å². The standard InChI is InChI=1S/C13H14F3NO2S/c1-8-11(19)17(5-6-18)12(20-8)9-3-2-4-10(7-9)13(14,15)16/h2-4,7-8,12,18H,5-6H2,1H3/t8-,12-/m0/s1. The van der Waals surface area contributed by atoms with Crippen molar-refractivity contribution >= 4 is 17.7 Å². The molecular formula is C13H14F3NO2S. The van der Waals surface area contributed by atoms with Crippen LogP contribution < -0.4 is 0 Å². The van der Waals surface area contributed by atoms with Crippen molar-refractivity contribution in [1.29, 1.82) is 0 Å². The van der Waals surface area contributed by atoms with Gasteiger partial charge in [-0.25, -0.2) is 0 Å². The van der Waals surface area contributed by atoms with E-state index >= 15 is 0 Å². The Morgan fingerprint density at radius 1 is 1.40 bits per heavy atom. The van der Waals surface area contributed by atoms with Crippen LogP contribution in [0.4, 0.5) is 13.2 Å². The highest BCUT2D eigenvalue weighted by atomic mass is 32.2. The summed E-state index contributed by atoms with van der Waals surface area (Å²) in [4.78, 5) is 13.4. The summed E-state index contributed by atoms with van der Waals surface area (Å²) in [6, 6.07) is 4.98. The highest BCUT2D eigenvalue weighted by Crippen LogP contribution is 2.43. The third-order valence-corrected chi connectivity index (χ3v) is 4.48. The van der Waals surface area contributed by atoms with Crippen LogP contribution in [0.2, 0.25) is 0 Å². The van der Waals surface area contributed by atoms with E-state index in [9.17, 15) is 18.0 Å². The Bertz CT molecular complexity index is 507. The molecule has 0 bridgehead atoms. The molecule has 3 nitrogen and oxygen atoms in total. The predicted octanol–water partition coefficient (Wildman–Crippen LogP) is 2.66. The summed E-state index contributed by atoms with van der Waals surface area (Å²) in [6.45, 7) is 1.62. The molecule has 2 rings (SSSR count). The van der Waals surface area contributed by atoms with Crippen LogP contribution in [-0.4, -0.2) is 34.3 Å². The SMILES string of the molecule is C[C@@H]1S[C@@H](c2cccc(C(F)(F)F)c2)N(CCO)C1=O. The van der Waals surface area contributed by atoms with Crippen molar-refractivity contribution in [3.05, 3.63) is 35.4 Å². The molecule has 0 saturated carbocycles. The lowest BCUT2D eigenvalue weighted by atomic mass is 10.1. The molecule has 1 saturated heterocycles. The number of hydrogen-bond acceptors (Lipinski definition) is 3. The van der Waals surface area contributed by atoms with Gasteiger partial charge < -0.3 is 10.0 Å². The molecule has 1 aliphatic rings. The lowest BCUT2D eigenvalue weighted by Crippen LogP contribution is -2.32. The second-order valence-corrected chi connectivity index (χ2v) is 5.93. The number of aliphatic hydroxyl groups is 1. The van der Waals surface area contributed by atoms with Crippen molar-refractivity contribution in [1.82, 2.24) is 4.90 Å². The van der Waals surface area contributed by atoms with Gasteiger partial charge in [0.2, 0.25) is 5.91 Å². The number of aliphatic hydroxyl groups excluding tert-OH is 1. The summed E-state index contributed by atoms with van der Waals surface area (Å²) >= 11 is 1.29. The number of rotatable bonds is 3. The van der Waals surface area contributed by atoms with Gasteiger partial charge in [0, 0.05) is 6.54 Å². The molecule has 0 unspecified atom stereocenters. The van der Waals surface area contributed by atoms with Crippen molar-refractivity contribution in [2.75, 3.05) is 13.2 Å². The molecule has 1 amide bonds. The molecule has 1 aromatic rings. The van der Waals surface area contributed by atoms with Gasteiger partial charge >= 0.3 is 6.18 Å². The van der Waals surface area contributed by atoms with E-state index in [1.165, 1.54) is 22.7 Å². The van der Waals surface area contributed by atoms with Gasteiger partial charge in [0.25, 0.3) is 0 Å². The minimum absolute atomic E-state index is 0.122. The van der Waals surface area contributed by atoms with Crippen LogP contribution in [0.1, 0.15) is 23.4 Å². The minimum atomic E-state index is -4.41. The number of β-amino-alcohol motifs (C(OH)–C–C–N with tert-alkyl or cyclic N) is 1. The first-order chi connectivity index (χ1) is 9.34. The van der Waals surface area contributed by atoms with E-state index in [1.54, 1.807) is 13.0 Å². The number of carbonyl (C=O) groups is 1. The van der Waals surface area contributed by atoms with Crippen molar-refractivity contribution in [2.45, 2.75) is 23.7 Å². The number of amides is 1. The first kappa shape index (κ1) is 15.2. The highest BCUT2D eigenvalue weighted by molar-refractivity contribution is 8.01. The summed E-state index contributed by atoms with van der Waals surface area (Å²) in [7, 11) is 0. The number of carbonyl (C=O) groups excluding carboxylic acids is 1. The zero-order valence-corrected chi connectivity index (χ0v) is 11.5. The Hall–Kier alpha value is -1.21. The van der Waals surface area contributed by atoms with Gasteiger partial charge in [0.05, 0.1) is 17.4 Å². The summed E-state index contributed by atoms with van der Waals surface area (Å²) in [5.41, 5.74) is -0.303. The van der Waals surface area contributed by atoms with E-state index in [4.69, 9.17) is 5.11 Å². The summed E-state index contributed by atoms with van der Waals surface area (Å²) < 4.78 is 38.2. The molecule has 1 aliphatic heterocycles. The number of hydrogen-bond donors (Lipinski definition) is 1. The molecule has 1 fully saturated rings. The zero-order chi connectivity index (χ0) is 14.9. The fraction of sp³-hybridized carbons (Fsp3) is 0.462. The maximum absolute atomic E-state index is 12.7. The molecule has 1 heterocycles. The molecule has 1 aromatic carbocycles. The van der Waals surface area contributed by atoms with E-state index in [1.807, 2.05) is 0 Å².